The highest BCUT2D eigenvalue weighted by atomic mass is 35.5. The highest BCUT2D eigenvalue weighted by Gasteiger charge is 2.36. The van der Waals surface area contributed by atoms with Gasteiger partial charge in [0, 0.05) is 57.9 Å². The lowest BCUT2D eigenvalue weighted by molar-refractivity contribution is -0.152. The van der Waals surface area contributed by atoms with Gasteiger partial charge < -0.3 is 64.8 Å². The van der Waals surface area contributed by atoms with Crippen LogP contribution in [0.3, 0.4) is 0 Å². The van der Waals surface area contributed by atoms with E-state index in [9.17, 15) is 49.5 Å². The Labute approximate surface area is 611 Å². The number of carbonyl (C=O) groups excluding carboxylic acids is 5. The fourth-order valence-corrected chi connectivity index (χ4v) is 13.0. The van der Waals surface area contributed by atoms with Gasteiger partial charge in [-0.15, -0.1) is 0 Å². The van der Waals surface area contributed by atoms with E-state index in [1.54, 1.807) is 91.0 Å². The topological polar surface area (TPSA) is 273 Å². The maximum atomic E-state index is 12.5. The number of hydrogen-bond donors (Lipinski definition) is 8. The highest BCUT2D eigenvalue weighted by Crippen LogP contribution is 2.33. The van der Waals surface area contributed by atoms with E-state index in [-0.39, 0.29) is 62.7 Å². The summed E-state index contributed by atoms with van der Waals surface area (Å²) in [5.41, 5.74) is 8.76. The van der Waals surface area contributed by atoms with Crippen molar-refractivity contribution >= 4 is 99.1 Å². The summed E-state index contributed by atoms with van der Waals surface area (Å²) in [5, 5.41) is 65.1. The van der Waals surface area contributed by atoms with Crippen LogP contribution in [0.5, 0.6) is 5.75 Å². The molecule has 7 aromatic carbocycles. The molecule has 8 atom stereocenters. The molecule has 9 rings (SSSR count). The Balaban J connectivity index is 0.000000211. The number of amides is 3. The first kappa shape index (κ1) is 80.1. The van der Waals surface area contributed by atoms with Crippen LogP contribution in [0.1, 0.15) is 60.8 Å². The lowest BCUT2D eigenvalue weighted by Gasteiger charge is -2.33. The van der Waals surface area contributed by atoms with Crippen LogP contribution in [0, 0.1) is 5.92 Å². The molecule has 1 aromatic heterocycles. The number of furan rings is 1. The van der Waals surface area contributed by atoms with Gasteiger partial charge >= 0.3 is 5.97 Å². The maximum absolute atomic E-state index is 12.5. The predicted octanol–water partition coefficient (Wildman–Crippen LogP) is 12.8. The molecular weight excluding hydrogens is 1410 g/mol. The number of para-hydroxylation sites is 1. The van der Waals surface area contributed by atoms with E-state index >= 15 is 0 Å². The van der Waals surface area contributed by atoms with Gasteiger partial charge in [-0.2, -0.15) is 0 Å². The molecule has 1 saturated carbocycles. The van der Waals surface area contributed by atoms with Crippen molar-refractivity contribution in [2.45, 2.75) is 113 Å². The largest absolute Gasteiger partial charge is 0.472 e. The Hall–Kier alpha value is -7.21. The standard InChI is InChI=1S/C26H27Cl2NO6.C26H25Cl2NO6.C24H29Cl2NO3/c1-34-15-24(31)29-22(25(32)26(33)23(30)7-4-17-8-9-35-14-17)10-16-2-5-18(6-3-16)19-11-20(27)13-21(28)12-19;1-34-15-23(30)29-22(24(31)25(32)26(33)35-21-5-3-2-4-6-21)11-16-7-9-17(10-8-16)18-12-19(27)14-20(28)13-18;1-30-15-23(28)27-22(24(29)18-5-3-2-4-6-18)11-16-7-9-17(10-8-16)19-12-20(25)14-21(26)13-19/h2-3,5-6,8-9,11-14,22,25-26,32-33H,4,7,10,15H2,1H3,(H,29,31);2-10,12-14,22,24-25,31-32H,11,15H2,1H3,(H,29,30);7-10,12-14,18,22,24,29H,2-6,11,15H2,1H3,(H,27,28)/t22-,25-,26-;22-,24-,25+;22-,24+/m000/s1. The van der Waals surface area contributed by atoms with E-state index in [2.05, 4.69) is 16.0 Å². The normalized spacial score (nSPS) is 14.6. The summed E-state index contributed by atoms with van der Waals surface area (Å²) in [5.74, 6) is -2.31. The highest BCUT2D eigenvalue weighted by molar-refractivity contribution is 6.36. The maximum Gasteiger partial charge on any atom is 0.343 e. The molecule has 1 heterocycles. The van der Waals surface area contributed by atoms with Gasteiger partial charge in [-0.1, -0.05) is 180 Å². The second-order valence-corrected chi connectivity index (χ2v) is 26.7. The summed E-state index contributed by atoms with van der Waals surface area (Å²) in [4.78, 5) is 61.4. The molecule has 0 aliphatic heterocycles. The van der Waals surface area contributed by atoms with Crippen molar-refractivity contribution in [1.29, 1.82) is 0 Å². The second kappa shape index (κ2) is 41.0. The van der Waals surface area contributed by atoms with Crippen molar-refractivity contribution in [3.8, 4) is 39.1 Å². The number of methoxy groups -OCH3 is 3. The van der Waals surface area contributed by atoms with E-state index < -0.39 is 66.2 Å². The van der Waals surface area contributed by atoms with Gasteiger partial charge in [-0.05, 0) is 173 Å². The molecule has 1 aliphatic carbocycles. The monoisotopic (exact) mass is 1490 g/mol. The van der Waals surface area contributed by atoms with Gasteiger partial charge in [0.15, 0.2) is 11.9 Å². The number of halogens is 6. The van der Waals surface area contributed by atoms with Crippen LogP contribution < -0.4 is 20.7 Å². The van der Waals surface area contributed by atoms with Crippen LogP contribution in [0.25, 0.3) is 33.4 Å². The quantitative estimate of drug-likeness (QED) is 0.0154. The van der Waals surface area contributed by atoms with Crippen LogP contribution in [0.4, 0.5) is 0 Å². The van der Waals surface area contributed by atoms with Gasteiger partial charge in [0.2, 0.25) is 17.7 Å². The minimum atomic E-state index is -1.89. The molecule has 8 N–H and O–H groups in total. The van der Waals surface area contributed by atoms with Gasteiger partial charge in [0.05, 0.1) is 36.8 Å². The lowest BCUT2D eigenvalue weighted by atomic mass is 9.81. The van der Waals surface area contributed by atoms with Gasteiger partial charge in [0.1, 0.15) is 43.9 Å². The Morgan fingerprint density at radius 1 is 0.450 bits per heavy atom. The first-order chi connectivity index (χ1) is 48.0. The number of aliphatic hydroxyl groups excluding tert-OH is 5. The van der Waals surface area contributed by atoms with Crippen molar-refractivity contribution < 1.29 is 72.9 Å². The summed E-state index contributed by atoms with van der Waals surface area (Å²) in [6, 6.07) is 46.3. The van der Waals surface area contributed by atoms with Crippen molar-refractivity contribution in [3.63, 3.8) is 0 Å². The number of rotatable bonds is 30. The minimum absolute atomic E-state index is 0.0116. The Kier molecular flexibility index (Phi) is 32.9. The summed E-state index contributed by atoms with van der Waals surface area (Å²) in [6.07, 6.45) is 2.50. The average Bonchev–Trinajstić information content (AvgIpc) is 1.02. The van der Waals surface area contributed by atoms with Crippen LogP contribution >= 0.6 is 69.6 Å². The van der Waals surface area contributed by atoms with Crippen LogP contribution in [-0.2, 0) is 63.9 Å². The summed E-state index contributed by atoms with van der Waals surface area (Å²) < 4.78 is 24.7. The molecule has 3 amide bonds. The number of hydrogen-bond acceptors (Lipinski definition) is 15. The second-order valence-electron chi connectivity index (χ2n) is 24.1. The summed E-state index contributed by atoms with van der Waals surface area (Å²) >= 11 is 36.6. The van der Waals surface area contributed by atoms with E-state index in [1.165, 1.54) is 40.3 Å². The van der Waals surface area contributed by atoms with Gasteiger partial charge in [-0.25, -0.2) is 4.79 Å². The number of esters is 1. The predicted molar refractivity (Wildman–Crippen MR) is 389 cm³/mol. The Bertz CT molecular complexity index is 3820. The van der Waals surface area contributed by atoms with Crippen molar-refractivity contribution in [1.82, 2.24) is 16.0 Å². The molecule has 1 fully saturated rings. The number of benzene rings is 7. The lowest BCUT2D eigenvalue weighted by Crippen LogP contribution is -2.53. The SMILES string of the molecule is COCC(=O)N[C@@H](Cc1ccc(-c2cc(Cl)cc(Cl)c2)cc1)[C@H](O)C1CCCCC1.COCC(=O)N[C@@H](Cc1ccc(-c2cc(Cl)cc(Cl)c2)cc1)[C@H](O)[C@@H](O)C(=O)CCc1ccoc1.COCC(=O)N[C@@H](Cc1ccc(-c2cc(Cl)cc(Cl)c2)cc1)[C@H](O)[C@@H](O)C(=O)Oc1ccccc1. The number of nitrogens with one attached hydrogen (secondary N) is 3. The molecule has 0 radical (unpaired) electrons. The zero-order chi connectivity index (χ0) is 72.3. The molecule has 18 nitrogen and oxygen atoms in total. The molecule has 0 saturated heterocycles. The van der Waals surface area contributed by atoms with E-state index in [0.717, 1.165) is 81.3 Å². The van der Waals surface area contributed by atoms with Crippen molar-refractivity contribution in [2.24, 2.45) is 5.92 Å². The number of Topliss-reactive ketones (excluding diaryl/α,β-unsaturated/α-hetero) is 1. The number of aryl methyl sites for hydroxylation is 1. The Morgan fingerprint density at radius 2 is 0.820 bits per heavy atom. The third-order valence-corrected chi connectivity index (χ3v) is 17.8. The summed E-state index contributed by atoms with van der Waals surface area (Å²) in [6.45, 7) is -0.479. The number of ketones is 1. The van der Waals surface area contributed by atoms with Crippen LogP contribution in [0.15, 0.2) is 181 Å². The van der Waals surface area contributed by atoms with Crippen LogP contribution in [-0.4, -0.2) is 145 Å². The zero-order valence-corrected chi connectivity index (χ0v) is 59.8. The molecule has 0 spiro atoms. The first-order valence-electron chi connectivity index (χ1n) is 32.2. The zero-order valence-electron chi connectivity index (χ0n) is 55.2. The molecule has 100 heavy (non-hydrogen) atoms. The van der Waals surface area contributed by atoms with Crippen molar-refractivity contribution in [3.05, 3.63) is 229 Å². The van der Waals surface area contributed by atoms with Crippen molar-refractivity contribution in [2.75, 3.05) is 41.2 Å². The number of ether oxygens (including phenoxy) is 4. The van der Waals surface area contributed by atoms with E-state index in [1.807, 2.05) is 72.8 Å². The molecule has 24 heteroatoms. The van der Waals surface area contributed by atoms with E-state index in [4.69, 9.17) is 93.0 Å². The third kappa shape index (κ3) is 26.0. The summed E-state index contributed by atoms with van der Waals surface area (Å²) in [7, 11) is 4.23. The van der Waals surface area contributed by atoms with Crippen LogP contribution in [0.2, 0.25) is 30.1 Å². The third-order valence-electron chi connectivity index (χ3n) is 16.5. The smallest absolute Gasteiger partial charge is 0.343 e. The molecule has 8 aromatic rings. The van der Waals surface area contributed by atoms with Gasteiger partial charge in [0.25, 0.3) is 0 Å². The Morgan fingerprint density at radius 3 is 1.19 bits per heavy atom. The number of carbonyl (C=O) groups is 5. The molecule has 1 aliphatic rings. The molecule has 0 bridgehead atoms. The number of aliphatic hydroxyl groups is 5. The average molecular weight is 1490 g/mol. The molecule has 532 valence electrons. The minimum Gasteiger partial charge on any atom is -0.472 e. The fraction of sp³-hybridized carbons (Fsp3) is 0.329. The molecule has 0 unspecified atom stereocenters. The molecular formula is C76H81Cl6N3O15. The first-order valence-corrected chi connectivity index (χ1v) is 34.5. The van der Waals surface area contributed by atoms with E-state index in [0.29, 0.717) is 43.0 Å². The van der Waals surface area contributed by atoms with Gasteiger partial charge in [-0.3, -0.25) is 19.2 Å². The fourth-order valence-electron chi connectivity index (χ4n) is 11.4.